The van der Waals surface area contributed by atoms with E-state index in [1.54, 1.807) is 50.4 Å². The molecule has 200 valence electrons. The Morgan fingerprint density at radius 3 is 2.34 bits per heavy atom. The van der Waals surface area contributed by atoms with Gasteiger partial charge in [0.15, 0.2) is 5.16 Å². The van der Waals surface area contributed by atoms with Crippen molar-refractivity contribution < 1.29 is 18.6 Å². The molecule has 0 fully saturated rings. The van der Waals surface area contributed by atoms with Crippen LogP contribution in [0.4, 0.5) is 8.78 Å². The van der Waals surface area contributed by atoms with Crippen molar-refractivity contribution >= 4 is 35.0 Å². The topological polar surface area (TPSA) is 47.3 Å². The Morgan fingerprint density at radius 1 is 0.974 bits per heavy atom. The van der Waals surface area contributed by atoms with Crippen molar-refractivity contribution in [2.45, 2.75) is 49.6 Å². The fourth-order valence-electron chi connectivity index (χ4n) is 3.93. The molecule has 4 aromatic rings. The van der Waals surface area contributed by atoms with Gasteiger partial charge in [-0.15, -0.1) is 0 Å². The first kappa shape index (κ1) is 28.4. The number of benzene rings is 3. The van der Waals surface area contributed by atoms with Crippen LogP contribution in [0.1, 0.15) is 44.5 Å². The minimum Gasteiger partial charge on any atom is -0.489 e. The number of ether oxygens (including phenoxy) is 1. The van der Waals surface area contributed by atoms with Crippen LogP contribution in [0.2, 0.25) is 10.0 Å². The summed E-state index contributed by atoms with van der Waals surface area (Å²) in [5.74, 6) is -0.0195. The summed E-state index contributed by atoms with van der Waals surface area (Å²) in [6.45, 7) is 7.46. The molecule has 38 heavy (non-hydrogen) atoms. The summed E-state index contributed by atoms with van der Waals surface area (Å²) in [4.78, 5) is 4.67. The monoisotopic (exact) mass is 576 g/mol. The van der Waals surface area contributed by atoms with E-state index in [0.29, 0.717) is 32.2 Å². The van der Waals surface area contributed by atoms with Gasteiger partial charge in [0, 0.05) is 27.4 Å². The van der Waals surface area contributed by atoms with Crippen LogP contribution in [0.15, 0.2) is 72.0 Å². The van der Waals surface area contributed by atoms with Crippen molar-refractivity contribution in [1.82, 2.24) is 9.55 Å². The largest absolute Gasteiger partial charge is 0.489 e. The Bertz CT molecular complexity index is 1410. The molecule has 9 heteroatoms. The van der Waals surface area contributed by atoms with E-state index in [1.807, 2.05) is 30.5 Å². The highest BCUT2D eigenvalue weighted by Crippen LogP contribution is 2.40. The third kappa shape index (κ3) is 6.34. The smallest absolute Gasteiger partial charge is 0.173 e. The van der Waals surface area contributed by atoms with Gasteiger partial charge in [0.25, 0.3) is 0 Å². The van der Waals surface area contributed by atoms with Crippen molar-refractivity contribution in [3.63, 3.8) is 0 Å². The number of aliphatic hydroxyl groups is 1. The highest BCUT2D eigenvalue weighted by molar-refractivity contribution is 7.98. The predicted molar refractivity (Wildman–Crippen MR) is 150 cm³/mol. The zero-order valence-corrected chi connectivity index (χ0v) is 23.8. The van der Waals surface area contributed by atoms with Crippen molar-refractivity contribution in [2.24, 2.45) is 0 Å². The van der Waals surface area contributed by atoms with Gasteiger partial charge in [-0.05, 0) is 67.9 Å². The fraction of sp³-hybridized carbons (Fsp3) is 0.276. The van der Waals surface area contributed by atoms with E-state index in [0.717, 1.165) is 11.3 Å². The van der Waals surface area contributed by atoms with Crippen LogP contribution in [0.3, 0.4) is 0 Å². The van der Waals surface area contributed by atoms with Gasteiger partial charge in [0.1, 0.15) is 24.0 Å². The third-order valence-corrected chi connectivity index (χ3v) is 7.74. The van der Waals surface area contributed by atoms with Gasteiger partial charge in [0.2, 0.25) is 0 Å². The summed E-state index contributed by atoms with van der Waals surface area (Å²) in [5, 5.41) is 11.5. The quantitative estimate of drug-likeness (QED) is 0.204. The summed E-state index contributed by atoms with van der Waals surface area (Å²) < 4.78 is 36.0. The van der Waals surface area contributed by atoms with Crippen LogP contribution in [0, 0.1) is 11.6 Å². The molecule has 3 aromatic carbocycles. The average Bonchev–Trinajstić information content (AvgIpc) is 3.28. The van der Waals surface area contributed by atoms with E-state index >= 15 is 0 Å². The number of rotatable bonds is 9. The predicted octanol–water partition coefficient (Wildman–Crippen LogP) is 8.23. The molecule has 0 aliphatic carbocycles. The van der Waals surface area contributed by atoms with Crippen LogP contribution in [-0.2, 0) is 11.2 Å². The Balaban J connectivity index is 1.76. The normalized spacial score (nSPS) is 12.1. The lowest BCUT2D eigenvalue weighted by atomic mass is 9.81. The van der Waals surface area contributed by atoms with E-state index in [9.17, 15) is 13.9 Å². The first-order chi connectivity index (χ1) is 17.9. The lowest BCUT2D eigenvalue weighted by Gasteiger charge is -2.28. The molecule has 1 N–H and O–H groups in total. The zero-order chi connectivity index (χ0) is 27.7. The molecule has 4 nitrogen and oxygen atoms in total. The molecule has 0 saturated heterocycles. The van der Waals surface area contributed by atoms with E-state index in [-0.39, 0.29) is 24.0 Å². The molecule has 0 bridgehead atoms. The van der Waals surface area contributed by atoms with Crippen molar-refractivity contribution in [2.75, 3.05) is 6.61 Å². The second-order valence-corrected chi connectivity index (χ2v) is 11.9. The maximum Gasteiger partial charge on any atom is 0.173 e. The molecule has 0 amide bonds. The van der Waals surface area contributed by atoms with Gasteiger partial charge >= 0.3 is 0 Å². The first-order valence-corrected chi connectivity index (χ1v) is 13.7. The maximum atomic E-state index is 14.4. The fourth-order valence-corrected chi connectivity index (χ4v) is 5.44. The number of hydrogen-bond acceptors (Lipinski definition) is 4. The second kappa shape index (κ2) is 11.3. The van der Waals surface area contributed by atoms with Crippen LogP contribution in [-0.4, -0.2) is 26.9 Å². The summed E-state index contributed by atoms with van der Waals surface area (Å²) in [6, 6.07) is 16.2. The summed E-state index contributed by atoms with van der Waals surface area (Å²) in [7, 11) is 0. The highest BCUT2D eigenvalue weighted by Gasteiger charge is 2.31. The van der Waals surface area contributed by atoms with Gasteiger partial charge in [-0.3, -0.25) is 4.57 Å². The number of aromatic nitrogens is 2. The Morgan fingerprint density at radius 2 is 1.68 bits per heavy atom. The van der Waals surface area contributed by atoms with E-state index < -0.39 is 11.0 Å². The minimum atomic E-state index is -1.02. The van der Waals surface area contributed by atoms with Crippen molar-refractivity contribution in [1.29, 1.82) is 0 Å². The number of imidazole rings is 1. The standard InChI is InChI=1S/C29H28Cl2F2N2O2S/c1-28(2,36)17-37-25-14-18(8-13-23(25)31)29(3,4)26-15-34-27(35(26)20-11-9-19(32)10-12-20)38-16-21-22(30)6-5-7-24(21)33/h5-15,36H,16-17H2,1-4H3. The van der Waals surface area contributed by atoms with E-state index in [2.05, 4.69) is 4.98 Å². The van der Waals surface area contributed by atoms with Gasteiger partial charge < -0.3 is 9.84 Å². The van der Waals surface area contributed by atoms with Crippen molar-refractivity contribution in [3.8, 4) is 11.4 Å². The van der Waals surface area contributed by atoms with Gasteiger partial charge in [-0.1, -0.05) is 60.9 Å². The van der Waals surface area contributed by atoms with Gasteiger partial charge in [0.05, 0.1) is 22.5 Å². The molecule has 0 saturated carbocycles. The lowest BCUT2D eigenvalue weighted by molar-refractivity contribution is 0.0285. The summed E-state index contributed by atoms with van der Waals surface area (Å²) >= 11 is 14.0. The van der Waals surface area contributed by atoms with Crippen LogP contribution in [0.25, 0.3) is 5.69 Å². The minimum absolute atomic E-state index is 0.0729. The average molecular weight is 578 g/mol. The Hall–Kier alpha value is -2.58. The highest BCUT2D eigenvalue weighted by atomic mass is 35.5. The third-order valence-electron chi connectivity index (χ3n) is 6.10. The molecule has 1 heterocycles. The lowest BCUT2D eigenvalue weighted by Crippen LogP contribution is -2.28. The van der Waals surface area contributed by atoms with E-state index in [4.69, 9.17) is 27.9 Å². The Labute approximate surface area is 235 Å². The van der Waals surface area contributed by atoms with Crippen LogP contribution in [0.5, 0.6) is 5.75 Å². The van der Waals surface area contributed by atoms with Gasteiger partial charge in [-0.2, -0.15) is 0 Å². The summed E-state index contributed by atoms with van der Waals surface area (Å²) in [6.07, 6.45) is 1.76. The molecule has 0 atom stereocenters. The van der Waals surface area contributed by atoms with Crippen LogP contribution < -0.4 is 4.74 Å². The molecule has 0 spiro atoms. The SMILES string of the molecule is CC(C)(O)COc1cc(C(C)(C)c2cnc(SCc3c(F)cccc3Cl)n2-c2ccc(F)cc2)ccc1Cl. The number of hydrogen-bond donors (Lipinski definition) is 1. The molecule has 0 unspecified atom stereocenters. The Kier molecular flexibility index (Phi) is 8.43. The molecule has 4 rings (SSSR count). The molecule has 0 radical (unpaired) electrons. The second-order valence-electron chi connectivity index (χ2n) is 10.1. The molecular formula is C29H28Cl2F2N2O2S. The zero-order valence-electron chi connectivity index (χ0n) is 21.4. The number of thioether (sulfide) groups is 1. The summed E-state index contributed by atoms with van der Waals surface area (Å²) in [5.41, 5.74) is 1.18. The molecule has 0 aliphatic rings. The number of halogens is 4. The maximum absolute atomic E-state index is 14.4. The molecule has 0 aliphatic heterocycles. The molecule has 1 aromatic heterocycles. The van der Waals surface area contributed by atoms with E-state index in [1.165, 1.54) is 30.0 Å². The molecular weight excluding hydrogens is 549 g/mol. The van der Waals surface area contributed by atoms with Gasteiger partial charge in [-0.25, -0.2) is 13.8 Å². The first-order valence-electron chi connectivity index (χ1n) is 11.9. The van der Waals surface area contributed by atoms with Crippen molar-refractivity contribution in [3.05, 3.63) is 105 Å². The van der Waals surface area contributed by atoms with Crippen LogP contribution >= 0.6 is 35.0 Å². The number of nitrogens with zero attached hydrogens (tertiary/aromatic N) is 2.